The van der Waals surface area contributed by atoms with Crippen LogP contribution in [0.1, 0.15) is 18.5 Å². The molecule has 0 spiro atoms. The molecule has 5 nitrogen and oxygen atoms in total. The first-order valence-electron chi connectivity index (χ1n) is 7.52. The minimum atomic E-state index is 0.447. The lowest BCUT2D eigenvalue weighted by Crippen LogP contribution is -2.44. The average Bonchev–Trinajstić information content (AvgIpc) is 2.55. The Hall–Kier alpha value is -1.88. The molecule has 1 saturated heterocycles. The van der Waals surface area contributed by atoms with Gasteiger partial charge in [-0.05, 0) is 31.9 Å². The van der Waals surface area contributed by atoms with Crippen molar-refractivity contribution in [1.82, 2.24) is 15.0 Å². The van der Waals surface area contributed by atoms with E-state index < -0.39 is 0 Å². The third-order valence-corrected chi connectivity index (χ3v) is 4.33. The number of rotatable bonds is 3. The zero-order valence-corrected chi connectivity index (χ0v) is 13.7. The summed E-state index contributed by atoms with van der Waals surface area (Å²) in [5.41, 5.74) is 1.06. The maximum Gasteiger partial charge on any atom is 0.225 e. The lowest BCUT2D eigenvalue weighted by molar-refractivity contribution is 0.475. The molecular formula is C16H20ClN5. The summed E-state index contributed by atoms with van der Waals surface area (Å²) < 4.78 is 0. The highest BCUT2D eigenvalue weighted by Gasteiger charge is 2.24. The molecule has 2 aromatic heterocycles. The highest BCUT2D eigenvalue weighted by atomic mass is 35.5. The monoisotopic (exact) mass is 317 g/mol. The topological polar surface area (TPSA) is 45.2 Å². The number of aromatic nitrogens is 3. The SMILES string of the molecule is Cc1cccc(N2CCC(N(C)c3ncc(Cl)cn3)CC2)n1. The summed E-state index contributed by atoms with van der Waals surface area (Å²) in [5, 5.41) is 0.567. The van der Waals surface area contributed by atoms with Gasteiger partial charge in [-0.15, -0.1) is 0 Å². The Morgan fingerprint density at radius 2 is 1.86 bits per heavy atom. The lowest BCUT2D eigenvalue weighted by Gasteiger charge is -2.37. The summed E-state index contributed by atoms with van der Waals surface area (Å²) in [4.78, 5) is 17.7. The van der Waals surface area contributed by atoms with Gasteiger partial charge in [0, 0.05) is 31.9 Å². The zero-order chi connectivity index (χ0) is 15.5. The standard InChI is InChI=1S/C16H20ClN5/c1-12-4-3-5-15(20-12)22-8-6-14(7-9-22)21(2)16-18-10-13(17)11-19-16/h3-5,10-11,14H,6-9H2,1-2H3. The van der Waals surface area contributed by atoms with Crippen LogP contribution in [0.5, 0.6) is 0 Å². The van der Waals surface area contributed by atoms with E-state index in [-0.39, 0.29) is 0 Å². The molecule has 1 fully saturated rings. The van der Waals surface area contributed by atoms with E-state index in [0.717, 1.165) is 43.4 Å². The summed E-state index contributed by atoms with van der Waals surface area (Å²) in [7, 11) is 2.05. The predicted molar refractivity (Wildman–Crippen MR) is 89.7 cm³/mol. The summed E-state index contributed by atoms with van der Waals surface area (Å²) in [6.07, 6.45) is 5.43. The fourth-order valence-electron chi connectivity index (χ4n) is 2.84. The van der Waals surface area contributed by atoms with Crippen molar-refractivity contribution in [2.75, 3.05) is 29.9 Å². The Morgan fingerprint density at radius 1 is 1.18 bits per heavy atom. The van der Waals surface area contributed by atoms with Gasteiger partial charge in [0.15, 0.2) is 0 Å². The van der Waals surface area contributed by atoms with E-state index in [1.165, 1.54) is 0 Å². The van der Waals surface area contributed by atoms with Crippen molar-refractivity contribution in [2.45, 2.75) is 25.8 Å². The quantitative estimate of drug-likeness (QED) is 0.871. The molecule has 0 bridgehead atoms. The van der Waals surface area contributed by atoms with Crippen LogP contribution >= 0.6 is 11.6 Å². The number of pyridine rings is 1. The van der Waals surface area contributed by atoms with Crippen LogP contribution in [-0.4, -0.2) is 41.1 Å². The molecule has 0 aromatic carbocycles. The second-order valence-electron chi connectivity index (χ2n) is 5.67. The molecule has 116 valence electrons. The number of halogens is 1. The molecule has 0 radical (unpaired) electrons. The van der Waals surface area contributed by atoms with E-state index in [1.54, 1.807) is 12.4 Å². The van der Waals surface area contributed by atoms with Gasteiger partial charge in [-0.2, -0.15) is 0 Å². The Kier molecular flexibility index (Phi) is 4.43. The molecule has 2 aromatic rings. The van der Waals surface area contributed by atoms with E-state index in [2.05, 4.69) is 43.9 Å². The van der Waals surface area contributed by atoms with Crippen molar-refractivity contribution >= 4 is 23.4 Å². The number of hydrogen-bond acceptors (Lipinski definition) is 5. The van der Waals surface area contributed by atoms with Crippen molar-refractivity contribution in [3.05, 3.63) is 41.3 Å². The van der Waals surface area contributed by atoms with Crippen LogP contribution in [0.25, 0.3) is 0 Å². The third-order valence-electron chi connectivity index (χ3n) is 4.13. The molecule has 0 saturated carbocycles. The normalized spacial score (nSPS) is 15.9. The summed E-state index contributed by atoms with van der Waals surface area (Å²) in [5.74, 6) is 1.81. The highest BCUT2D eigenvalue weighted by Crippen LogP contribution is 2.23. The smallest absolute Gasteiger partial charge is 0.225 e. The largest absolute Gasteiger partial charge is 0.356 e. The first-order valence-corrected chi connectivity index (χ1v) is 7.90. The first kappa shape index (κ1) is 15.0. The predicted octanol–water partition coefficient (Wildman–Crippen LogP) is 2.94. The molecule has 0 amide bonds. The van der Waals surface area contributed by atoms with Gasteiger partial charge in [-0.1, -0.05) is 17.7 Å². The van der Waals surface area contributed by atoms with Gasteiger partial charge in [0.2, 0.25) is 5.95 Å². The van der Waals surface area contributed by atoms with E-state index in [4.69, 9.17) is 11.6 Å². The fraction of sp³-hybridized carbons (Fsp3) is 0.438. The van der Waals surface area contributed by atoms with Gasteiger partial charge in [0.05, 0.1) is 17.4 Å². The van der Waals surface area contributed by atoms with Crippen molar-refractivity contribution < 1.29 is 0 Å². The number of nitrogens with zero attached hydrogens (tertiary/aromatic N) is 5. The summed E-state index contributed by atoms with van der Waals surface area (Å²) >= 11 is 5.84. The molecule has 6 heteroatoms. The van der Waals surface area contributed by atoms with Crippen molar-refractivity contribution in [2.24, 2.45) is 0 Å². The van der Waals surface area contributed by atoms with Crippen molar-refractivity contribution in [3.8, 4) is 0 Å². The fourth-order valence-corrected chi connectivity index (χ4v) is 2.94. The molecule has 22 heavy (non-hydrogen) atoms. The summed E-state index contributed by atoms with van der Waals surface area (Å²) in [6, 6.07) is 6.63. The number of aryl methyl sites for hydroxylation is 1. The Morgan fingerprint density at radius 3 is 2.50 bits per heavy atom. The Balaban J connectivity index is 1.62. The Labute approximate surface area is 136 Å². The van der Waals surface area contributed by atoms with Gasteiger partial charge in [0.1, 0.15) is 5.82 Å². The van der Waals surface area contributed by atoms with Crippen molar-refractivity contribution in [3.63, 3.8) is 0 Å². The summed E-state index contributed by atoms with van der Waals surface area (Å²) in [6.45, 7) is 4.03. The van der Waals surface area contributed by atoms with Crippen molar-refractivity contribution in [1.29, 1.82) is 0 Å². The number of piperidine rings is 1. The highest BCUT2D eigenvalue weighted by molar-refractivity contribution is 6.30. The molecule has 0 unspecified atom stereocenters. The molecule has 0 N–H and O–H groups in total. The van der Waals surface area contributed by atoms with Gasteiger partial charge in [-0.25, -0.2) is 15.0 Å². The molecule has 3 heterocycles. The first-order chi connectivity index (χ1) is 10.6. The molecule has 1 aliphatic rings. The van der Waals surface area contributed by atoms with Crippen LogP contribution in [0.2, 0.25) is 5.02 Å². The third kappa shape index (κ3) is 3.30. The van der Waals surface area contributed by atoms with E-state index in [1.807, 2.05) is 13.0 Å². The van der Waals surface area contributed by atoms with E-state index in [9.17, 15) is 0 Å². The van der Waals surface area contributed by atoms with Crippen LogP contribution < -0.4 is 9.80 Å². The molecule has 0 aliphatic carbocycles. The van der Waals surface area contributed by atoms with Crippen LogP contribution in [-0.2, 0) is 0 Å². The molecule has 1 aliphatic heterocycles. The number of hydrogen-bond donors (Lipinski definition) is 0. The van der Waals surface area contributed by atoms with Crippen LogP contribution in [0, 0.1) is 6.92 Å². The zero-order valence-electron chi connectivity index (χ0n) is 12.9. The Bertz CT molecular complexity index is 623. The lowest BCUT2D eigenvalue weighted by atomic mass is 10.0. The second kappa shape index (κ2) is 6.48. The van der Waals surface area contributed by atoms with Crippen LogP contribution in [0.15, 0.2) is 30.6 Å². The minimum Gasteiger partial charge on any atom is -0.356 e. The molecular weight excluding hydrogens is 298 g/mol. The maximum atomic E-state index is 5.84. The molecule has 3 rings (SSSR count). The van der Waals surface area contributed by atoms with E-state index >= 15 is 0 Å². The van der Waals surface area contributed by atoms with Gasteiger partial charge >= 0.3 is 0 Å². The van der Waals surface area contributed by atoms with Crippen LogP contribution in [0.4, 0.5) is 11.8 Å². The average molecular weight is 318 g/mol. The number of anilines is 2. The molecule has 0 atom stereocenters. The van der Waals surface area contributed by atoms with Gasteiger partial charge in [0.25, 0.3) is 0 Å². The minimum absolute atomic E-state index is 0.447. The maximum absolute atomic E-state index is 5.84. The van der Waals surface area contributed by atoms with Crippen LogP contribution in [0.3, 0.4) is 0 Å². The second-order valence-corrected chi connectivity index (χ2v) is 6.10. The van der Waals surface area contributed by atoms with E-state index in [0.29, 0.717) is 11.1 Å². The van der Waals surface area contributed by atoms with Gasteiger partial charge in [-0.3, -0.25) is 0 Å². The van der Waals surface area contributed by atoms with Gasteiger partial charge < -0.3 is 9.80 Å².